The highest BCUT2D eigenvalue weighted by Gasteiger charge is 2.22. The first-order valence-corrected chi connectivity index (χ1v) is 5.45. The Labute approximate surface area is 99.4 Å². The Kier molecular flexibility index (Phi) is 3.27. The molecule has 0 spiro atoms. The number of esters is 1. The molecule has 5 heteroatoms. The third-order valence-corrected chi connectivity index (χ3v) is 2.55. The van der Waals surface area contributed by atoms with Gasteiger partial charge in [-0.05, 0) is 12.1 Å². The molecule has 0 aliphatic carbocycles. The molecular weight excluding hydrogens is 220 g/mol. The van der Waals surface area contributed by atoms with Crippen LogP contribution in [0, 0.1) is 0 Å². The van der Waals surface area contributed by atoms with Crippen molar-refractivity contribution in [1.82, 2.24) is 0 Å². The molecule has 0 radical (unpaired) electrons. The first-order chi connectivity index (χ1) is 8.18. The molecule has 5 nitrogen and oxygen atoms in total. The first kappa shape index (κ1) is 11.4. The maximum Gasteiger partial charge on any atom is 0.303 e. The third-order valence-electron chi connectivity index (χ3n) is 2.55. The van der Waals surface area contributed by atoms with E-state index >= 15 is 0 Å². The highest BCUT2D eigenvalue weighted by atomic mass is 16.5. The number of amides is 1. The van der Waals surface area contributed by atoms with Gasteiger partial charge in [-0.15, -0.1) is 0 Å². The average molecular weight is 234 g/mol. The lowest BCUT2D eigenvalue weighted by molar-refractivity contribution is -0.145. The number of carbonyl (C=O) groups is 2. The molecule has 0 unspecified atom stereocenters. The molecule has 1 amide bonds. The van der Waals surface area contributed by atoms with Crippen LogP contribution in [0.4, 0.5) is 11.4 Å². The quantitative estimate of drug-likeness (QED) is 0.776. The van der Waals surface area contributed by atoms with Crippen molar-refractivity contribution in [1.29, 1.82) is 0 Å². The summed E-state index contributed by atoms with van der Waals surface area (Å²) >= 11 is 0. The number of hydrogen-bond donors (Lipinski definition) is 1. The van der Waals surface area contributed by atoms with Gasteiger partial charge in [0.2, 0.25) is 0 Å². The van der Waals surface area contributed by atoms with E-state index < -0.39 is 5.97 Å². The maximum absolute atomic E-state index is 11.9. The number of hydrogen-bond acceptors (Lipinski definition) is 4. The van der Waals surface area contributed by atoms with E-state index in [0.29, 0.717) is 13.1 Å². The van der Waals surface area contributed by atoms with Gasteiger partial charge in [-0.1, -0.05) is 12.1 Å². The van der Waals surface area contributed by atoms with Crippen molar-refractivity contribution < 1.29 is 14.3 Å². The van der Waals surface area contributed by atoms with Gasteiger partial charge >= 0.3 is 5.97 Å². The highest BCUT2D eigenvalue weighted by Crippen LogP contribution is 2.28. The van der Waals surface area contributed by atoms with Crippen molar-refractivity contribution in [2.24, 2.45) is 0 Å². The normalized spacial score (nSPS) is 13.6. The zero-order valence-electron chi connectivity index (χ0n) is 9.60. The molecule has 0 saturated carbocycles. The summed E-state index contributed by atoms with van der Waals surface area (Å²) < 4.78 is 4.72. The van der Waals surface area contributed by atoms with Crippen LogP contribution in [0.2, 0.25) is 0 Å². The second-order valence-electron chi connectivity index (χ2n) is 3.77. The molecule has 0 aromatic heterocycles. The fraction of sp³-hybridized carbons (Fsp3) is 0.333. The number of para-hydroxylation sites is 2. The Morgan fingerprint density at radius 1 is 1.41 bits per heavy atom. The summed E-state index contributed by atoms with van der Waals surface area (Å²) in [6, 6.07) is 7.57. The molecule has 2 rings (SSSR count). The maximum atomic E-state index is 11.9. The molecule has 1 aliphatic heterocycles. The number of benzene rings is 1. The Balaban J connectivity index is 2.12. The zero-order chi connectivity index (χ0) is 12.3. The van der Waals surface area contributed by atoms with Crippen LogP contribution < -0.4 is 10.2 Å². The Hall–Kier alpha value is -2.04. The van der Waals surface area contributed by atoms with E-state index in [-0.39, 0.29) is 12.5 Å². The number of rotatable bonds is 2. The summed E-state index contributed by atoms with van der Waals surface area (Å²) in [5.41, 5.74) is 1.76. The smallest absolute Gasteiger partial charge is 0.303 e. The molecule has 17 heavy (non-hydrogen) atoms. The van der Waals surface area contributed by atoms with Gasteiger partial charge in [0.1, 0.15) is 0 Å². The number of carbonyl (C=O) groups excluding carboxylic acids is 2. The number of ether oxygens (including phenoxy) is 1. The first-order valence-electron chi connectivity index (χ1n) is 5.45. The van der Waals surface area contributed by atoms with Crippen LogP contribution in [-0.4, -0.2) is 31.6 Å². The molecule has 1 heterocycles. The molecule has 0 bridgehead atoms. The van der Waals surface area contributed by atoms with Crippen LogP contribution in [0.15, 0.2) is 24.3 Å². The minimum atomic E-state index is -0.443. The van der Waals surface area contributed by atoms with Gasteiger partial charge < -0.3 is 15.0 Å². The number of anilines is 2. The van der Waals surface area contributed by atoms with Crippen LogP contribution in [0.3, 0.4) is 0 Å². The second kappa shape index (κ2) is 4.86. The summed E-state index contributed by atoms with van der Waals surface area (Å²) in [6.07, 6.45) is 0. The van der Waals surface area contributed by atoms with Crippen LogP contribution in [0.1, 0.15) is 6.92 Å². The van der Waals surface area contributed by atoms with E-state index in [0.717, 1.165) is 11.4 Å². The zero-order valence-corrected chi connectivity index (χ0v) is 9.60. The van der Waals surface area contributed by atoms with Gasteiger partial charge in [0.25, 0.3) is 5.91 Å². The largest absolute Gasteiger partial charge is 0.456 e. The summed E-state index contributed by atoms with van der Waals surface area (Å²) in [5.74, 6) is -0.643. The van der Waals surface area contributed by atoms with Gasteiger partial charge in [0, 0.05) is 20.0 Å². The predicted molar refractivity (Wildman–Crippen MR) is 63.9 cm³/mol. The lowest BCUT2D eigenvalue weighted by Crippen LogP contribution is -2.41. The minimum absolute atomic E-state index is 0.200. The van der Waals surface area contributed by atoms with Crippen molar-refractivity contribution in [3.8, 4) is 0 Å². The Morgan fingerprint density at radius 3 is 2.94 bits per heavy atom. The summed E-state index contributed by atoms with van der Waals surface area (Å²) in [7, 11) is 0. The van der Waals surface area contributed by atoms with E-state index in [4.69, 9.17) is 4.74 Å². The predicted octanol–water partition coefficient (Wildman–Crippen LogP) is 1.01. The van der Waals surface area contributed by atoms with E-state index in [1.165, 1.54) is 6.92 Å². The number of fused-ring (bicyclic) bond motifs is 1. The van der Waals surface area contributed by atoms with Gasteiger partial charge in [-0.25, -0.2) is 0 Å². The molecule has 1 N–H and O–H groups in total. The van der Waals surface area contributed by atoms with Crippen molar-refractivity contribution in [2.75, 3.05) is 29.9 Å². The molecule has 0 saturated heterocycles. The molecule has 1 aliphatic rings. The van der Waals surface area contributed by atoms with E-state index in [9.17, 15) is 9.59 Å². The third kappa shape index (κ3) is 2.55. The lowest BCUT2D eigenvalue weighted by Gasteiger charge is -2.30. The summed E-state index contributed by atoms with van der Waals surface area (Å²) in [5, 5.41) is 3.21. The van der Waals surface area contributed by atoms with Gasteiger partial charge in [-0.2, -0.15) is 0 Å². The van der Waals surface area contributed by atoms with E-state index in [2.05, 4.69) is 5.32 Å². The molecule has 0 atom stereocenters. The van der Waals surface area contributed by atoms with Crippen molar-refractivity contribution in [3.63, 3.8) is 0 Å². The lowest BCUT2D eigenvalue weighted by atomic mass is 10.2. The molecule has 90 valence electrons. The van der Waals surface area contributed by atoms with E-state index in [1.54, 1.807) is 4.90 Å². The van der Waals surface area contributed by atoms with Crippen molar-refractivity contribution in [2.45, 2.75) is 6.92 Å². The second-order valence-corrected chi connectivity index (χ2v) is 3.77. The van der Waals surface area contributed by atoms with Gasteiger partial charge in [0.05, 0.1) is 11.4 Å². The monoisotopic (exact) mass is 234 g/mol. The van der Waals surface area contributed by atoms with E-state index in [1.807, 2.05) is 24.3 Å². The van der Waals surface area contributed by atoms with Gasteiger partial charge in [0.15, 0.2) is 6.61 Å². The molecule has 0 fully saturated rings. The van der Waals surface area contributed by atoms with Crippen LogP contribution in [-0.2, 0) is 14.3 Å². The Morgan fingerprint density at radius 2 is 2.18 bits per heavy atom. The summed E-state index contributed by atoms with van der Waals surface area (Å²) in [6.45, 7) is 2.36. The van der Waals surface area contributed by atoms with Gasteiger partial charge in [-0.3, -0.25) is 9.59 Å². The Bertz CT molecular complexity index is 445. The van der Waals surface area contributed by atoms with Crippen molar-refractivity contribution in [3.05, 3.63) is 24.3 Å². The molecule has 1 aromatic carbocycles. The standard InChI is InChI=1S/C12H14N2O3/c1-9(15)17-8-12(16)14-7-6-13-10-4-2-3-5-11(10)14/h2-5,13H,6-8H2,1H3. The minimum Gasteiger partial charge on any atom is -0.456 e. The summed E-state index contributed by atoms with van der Waals surface area (Å²) in [4.78, 5) is 24.2. The average Bonchev–Trinajstić information content (AvgIpc) is 2.35. The van der Waals surface area contributed by atoms with Crippen LogP contribution in [0.5, 0.6) is 0 Å². The molecular formula is C12H14N2O3. The van der Waals surface area contributed by atoms with Crippen LogP contribution in [0.25, 0.3) is 0 Å². The topological polar surface area (TPSA) is 58.6 Å². The van der Waals surface area contributed by atoms with Crippen molar-refractivity contribution >= 4 is 23.3 Å². The fourth-order valence-corrected chi connectivity index (χ4v) is 1.78. The highest BCUT2D eigenvalue weighted by molar-refractivity contribution is 5.98. The molecule has 1 aromatic rings. The van der Waals surface area contributed by atoms with Crippen LogP contribution >= 0.6 is 0 Å². The SMILES string of the molecule is CC(=O)OCC(=O)N1CCNc2ccccc21. The fourth-order valence-electron chi connectivity index (χ4n) is 1.78. The number of nitrogens with one attached hydrogen (secondary N) is 1. The number of nitrogens with zero attached hydrogens (tertiary/aromatic N) is 1.